The summed E-state index contributed by atoms with van der Waals surface area (Å²) < 4.78 is 0. The molecular formula is C25H54N2. The van der Waals surface area contributed by atoms with Crippen molar-refractivity contribution in [3.8, 4) is 0 Å². The van der Waals surface area contributed by atoms with Gasteiger partial charge in [-0.25, -0.2) is 0 Å². The summed E-state index contributed by atoms with van der Waals surface area (Å²) in [6, 6.07) is 0. The molecule has 0 spiro atoms. The lowest BCUT2D eigenvalue weighted by Gasteiger charge is -2.22. The molecule has 0 bridgehead atoms. The molecule has 27 heavy (non-hydrogen) atoms. The van der Waals surface area contributed by atoms with Gasteiger partial charge in [0.25, 0.3) is 0 Å². The Bertz CT molecular complexity index is 235. The van der Waals surface area contributed by atoms with Gasteiger partial charge in [-0.1, -0.05) is 110 Å². The summed E-state index contributed by atoms with van der Waals surface area (Å²) in [4.78, 5) is 2.75. The van der Waals surface area contributed by atoms with E-state index in [1.807, 2.05) is 0 Å². The molecule has 164 valence electrons. The maximum Gasteiger partial charge on any atom is -0.00187 e. The molecule has 0 aromatic heterocycles. The van der Waals surface area contributed by atoms with Crippen LogP contribution in [0, 0.1) is 0 Å². The van der Waals surface area contributed by atoms with Gasteiger partial charge in [-0.15, -0.1) is 0 Å². The zero-order chi connectivity index (χ0) is 19.8. The van der Waals surface area contributed by atoms with E-state index < -0.39 is 0 Å². The predicted octanol–water partition coefficient (Wildman–Crippen LogP) is 7.70. The van der Waals surface area contributed by atoms with Crippen molar-refractivity contribution in [3.63, 3.8) is 0 Å². The van der Waals surface area contributed by atoms with E-state index in [-0.39, 0.29) is 0 Å². The highest BCUT2D eigenvalue weighted by atomic mass is 15.1. The third kappa shape index (κ3) is 22.1. The van der Waals surface area contributed by atoms with Crippen LogP contribution >= 0.6 is 0 Å². The summed E-state index contributed by atoms with van der Waals surface area (Å²) in [5.74, 6) is 0. The summed E-state index contributed by atoms with van der Waals surface area (Å²) in [6.45, 7) is 9.41. The highest BCUT2D eigenvalue weighted by Gasteiger charge is 2.05. The van der Waals surface area contributed by atoms with Crippen LogP contribution in [0.5, 0.6) is 0 Å². The van der Waals surface area contributed by atoms with Crippen LogP contribution in [0.2, 0.25) is 0 Å². The molecule has 0 heterocycles. The number of hydrogen-bond acceptors (Lipinski definition) is 2. The maximum atomic E-state index is 5.65. The first-order valence-corrected chi connectivity index (χ1v) is 12.8. The minimum Gasteiger partial charge on any atom is -0.330 e. The maximum absolute atomic E-state index is 5.65. The standard InChI is InChI=1S/C25H54N2/c1-3-5-7-9-11-13-15-19-23-27(25-21-17-18-22-26)24-20-16-14-12-10-8-6-4-2/h3-26H2,1-2H3. The Morgan fingerprint density at radius 3 is 1.04 bits per heavy atom. The van der Waals surface area contributed by atoms with Gasteiger partial charge in [-0.05, 0) is 51.9 Å². The van der Waals surface area contributed by atoms with Crippen LogP contribution in [-0.4, -0.2) is 31.1 Å². The zero-order valence-electron chi connectivity index (χ0n) is 19.3. The van der Waals surface area contributed by atoms with Crippen LogP contribution in [0.4, 0.5) is 0 Å². The van der Waals surface area contributed by atoms with Gasteiger partial charge in [0.1, 0.15) is 0 Å². The van der Waals surface area contributed by atoms with Crippen molar-refractivity contribution in [3.05, 3.63) is 0 Å². The molecule has 2 N–H and O–H groups in total. The van der Waals surface area contributed by atoms with E-state index in [4.69, 9.17) is 5.73 Å². The van der Waals surface area contributed by atoms with E-state index >= 15 is 0 Å². The minimum atomic E-state index is 0.857. The molecule has 0 aromatic rings. The Morgan fingerprint density at radius 1 is 0.407 bits per heavy atom. The molecule has 0 aliphatic rings. The highest BCUT2D eigenvalue weighted by Crippen LogP contribution is 2.12. The predicted molar refractivity (Wildman–Crippen MR) is 125 cm³/mol. The SMILES string of the molecule is CCCCCCCCCCN(CCCCCN)CCCCCCCCCC. The van der Waals surface area contributed by atoms with Crippen LogP contribution in [-0.2, 0) is 0 Å². The Hall–Kier alpha value is -0.0800. The number of hydrogen-bond donors (Lipinski definition) is 1. The fourth-order valence-electron chi connectivity index (χ4n) is 3.93. The Morgan fingerprint density at radius 2 is 0.704 bits per heavy atom. The van der Waals surface area contributed by atoms with Gasteiger partial charge in [-0.3, -0.25) is 0 Å². The second-order valence-corrected chi connectivity index (χ2v) is 8.64. The Labute approximate surface area is 173 Å². The molecule has 0 saturated carbocycles. The normalized spacial score (nSPS) is 11.6. The topological polar surface area (TPSA) is 29.3 Å². The molecule has 0 aliphatic heterocycles. The van der Waals surface area contributed by atoms with E-state index in [1.54, 1.807) is 0 Å². The van der Waals surface area contributed by atoms with Crippen molar-refractivity contribution in [2.75, 3.05) is 26.2 Å². The van der Waals surface area contributed by atoms with Crippen LogP contribution in [0.25, 0.3) is 0 Å². The largest absolute Gasteiger partial charge is 0.330 e. The van der Waals surface area contributed by atoms with Gasteiger partial charge in [0, 0.05) is 0 Å². The molecule has 0 fully saturated rings. The first-order chi connectivity index (χ1) is 13.3. The lowest BCUT2D eigenvalue weighted by atomic mass is 10.1. The average Bonchev–Trinajstić information content (AvgIpc) is 2.68. The van der Waals surface area contributed by atoms with Gasteiger partial charge >= 0.3 is 0 Å². The highest BCUT2D eigenvalue weighted by molar-refractivity contribution is 4.60. The number of nitrogens with two attached hydrogens (primary N) is 1. The number of rotatable bonds is 23. The van der Waals surface area contributed by atoms with Crippen LogP contribution in [0.15, 0.2) is 0 Å². The molecule has 0 radical (unpaired) electrons. The van der Waals surface area contributed by atoms with Gasteiger partial charge in [0.15, 0.2) is 0 Å². The Kier molecular flexibility index (Phi) is 23.9. The van der Waals surface area contributed by atoms with Gasteiger partial charge in [0.05, 0.1) is 0 Å². The van der Waals surface area contributed by atoms with Crippen LogP contribution < -0.4 is 5.73 Å². The van der Waals surface area contributed by atoms with E-state index in [1.165, 1.54) is 142 Å². The third-order valence-electron chi connectivity index (χ3n) is 5.83. The smallest absolute Gasteiger partial charge is 0.00187 e. The van der Waals surface area contributed by atoms with E-state index in [9.17, 15) is 0 Å². The molecule has 0 aliphatic carbocycles. The lowest BCUT2D eigenvalue weighted by Crippen LogP contribution is -2.27. The summed E-state index contributed by atoms with van der Waals surface area (Å²) in [5, 5.41) is 0. The van der Waals surface area contributed by atoms with Crippen molar-refractivity contribution >= 4 is 0 Å². The quantitative estimate of drug-likeness (QED) is 0.183. The van der Waals surface area contributed by atoms with Gasteiger partial charge in [0.2, 0.25) is 0 Å². The second-order valence-electron chi connectivity index (χ2n) is 8.64. The molecular weight excluding hydrogens is 328 g/mol. The first kappa shape index (κ1) is 26.9. The third-order valence-corrected chi connectivity index (χ3v) is 5.83. The van der Waals surface area contributed by atoms with Crippen LogP contribution in [0.3, 0.4) is 0 Å². The molecule has 0 aromatic carbocycles. The summed E-state index contributed by atoms with van der Waals surface area (Å²) in [5.41, 5.74) is 5.65. The van der Waals surface area contributed by atoms with Crippen molar-refractivity contribution in [2.45, 2.75) is 136 Å². The molecule has 0 saturated heterocycles. The van der Waals surface area contributed by atoms with Crippen molar-refractivity contribution in [1.29, 1.82) is 0 Å². The van der Waals surface area contributed by atoms with Crippen molar-refractivity contribution in [2.24, 2.45) is 5.73 Å². The van der Waals surface area contributed by atoms with Crippen LogP contribution in [0.1, 0.15) is 136 Å². The molecule has 0 atom stereocenters. The Balaban J connectivity index is 3.70. The second kappa shape index (κ2) is 24.0. The lowest BCUT2D eigenvalue weighted by molar-refractivity contribution is 0.254. The number of unbranched alkanes of at least 4 members (excludes halogenated alkanes) is 16. The van der Waals surface area contributed by atoms with Gasteiger partial charge in [-0.2, -0.15) is 0 Å². The molecule has 2 nitrogen and oxygen atoms in total. The molecule has 2 heteroatoms. The van der Waals surface area contributed by atoms with Crippen molar-refractivity contribution < 1.29 is 0 Å². The van der Waals surface area contributed by atoms with E-state index in [0.717, 1.165) is 6.54 Å². The van der Waals surface area contributed by atoms with E-state index in [2.05, 4.69) is 18.7 Å². The number of nitrogens with zero attached hydrogens (tertiary/aromatic N) is 1. The zero-order valence-corrected chi connectivity index (χ0v) is 19.3. The molecule has 0 rings (SSSR count). The first-order valence-electron chi connectivity index (χ1n) is 12.8. The summed E-state index contributed by atoms with van der Waals surface area (Å²) in [7, 11) is 0. The minimum absolute atomic E-state index is 0.857. The van der Waals surface area contributed by atoms with E-state index in [0.29, 0.717) is 0 Å². The van der Waals surface area contributed by atoms with Crippen molar-refractivity contribution in [1.82, 2.24) is 4.90 Å². The summed E-state index contributed by atoms with van der Waals surface area (Å²) in [6.07, 6.45) is 26.7. The fraction of sp³-hybridized carbons (Fsp3) is 1.00. The summed E-state index contributed by atoms with van der Waals surface area (Å²) >= 11 is 0. The fourth-order valence-corrected chi connectivity index (χ4v) is 3.93. The monoisotopic (exact) mass is 382 g/mol. The molecule has 0 unspecified atom stereocenters. The van der Waals surface area contributed by atoms with Gasteiger partial charge < -0.3 is 10.6 Å². The average molecular weight is 383 g/mol. The molecule has 0 amide bonds.